The van der Waals surface area contributed by atoms with Crippen molar-refractivity contribution in [3.63, 3.8) is 0 Å². The summed E-state index contributed by atoms with van der Waals surface area (Å²) in [7, 11) is 0. The van der Waals surface area contributed by atoms with Crippen molar-refractivity contribution in [3.05, 3.63) is 48.0 Å². The van der Waals surface area contributed by atoms with E-state index < -0.39 is 6.10 Å². The summed E-state index contributed by atoms with van der Waals surface area (Å²) in [5.74, 6) is 0. The summed E-state index contributed by atoms with van der Waals surface area (Å²) < 4.78 is 5.67. The van der Waals surface area contributed by atoms with Crippen molar-refractivity contribution in [1.29, 1.82) is 0 Å². The highest BCUT2D eigenvalue weighted by atomic mass is 16.5. The van der Waals surface area contributed by atoms with E-state index in [-0.39, 0.29) is 19.3 Å². The third kappa shape index (κ3) is 3.97. The van der Waals surface area contributed by atoms with Gasteiger partial charge in [-0.2, -0.15) is 0 Å². The normalized spacial score (nSPS) is 19.0. The summed E-state index contributed by atoms with van der Waals surface area (Å²) in [6.07, 6.45) is 0.832. The van der Waals surface area contributed by atoms with E-state index in [1.165, 1.54) is 0 Å². The quantitative estimate of drug-likeness (QED) is 0.768. The van der Waals surface area contributed by atoms with Crippen molar-refractivity contribution >= 4 is 23.6 Å². The number of benzene rings is 2. The Morgan fingerprint density at radius 3 is 2.72 bits per heavy atom. The average Bonchev–Trinajstić information content (AvgIpc) is 2.67. The highest BCUT2D eigenvalue weighted by Crippen LogP contribution is 2.24. The van der Waals surface area contributed by atoms with Crippen LogP contribution in [0.1, 0.15) is 11.7 Å². The Bertz CT molecular complexity index is 731. The monoisotopic (exact) mass is 342 g/mol. The van der Waals surface area contributed by atoms with Crippen LogP contribution >= 0.6 is 0 Å². The van der Waals surface area contributed by atoms with Crippen molar-refractivity contribution in [1.82, 2.24) is 9.80 Å². The lowest BCUT2D eigenvalue weighted by Crippen LogP contribution is -2.53. The fourth-order valence-corrected chi connectivity index (χ4v) is 3.22. The molecule has 1 heterocycles. The minimum atomic E-state index is -0.749. The van der Waals surface area contributed by atoms with Gasteiger partial charge < -0.3 is 19.6 Å². The van der Waals surface area contributed by atoms with Gasteiger partial charge >= 0.3 is 0 Å². The third-order valence-electron chi connectivity index (χ3n) is 4.61. The third-order valence-corrected chi connectivity index (χ3v) is 4.61. The van der Waals surface area contributed by atoms with Crippen LogP contribution in [0.15, 0.2) is 42.5 Å². The van der Waals surface area contributed by atoms with Crippen LogP contribution in [-0.2, 0) is 14.3 Å². The molecule has 0 aliphatic carbocycles. The Balaban J connectivity index is 1.60. The van der Waals surface area contributed by atoms with Crippen molar-refractivity contribution in [2.75, 3.05) is 32.8 Å². The van der Waals surface area contributed by atoms with E-state index in [0.717, 1.165) is 29.2 Å². The number of aliphatic hydroxyl groups is 1. The first-order valence-corrected chi connectivity index (χ1v) is 8.37. The van der Waals surface area contributed by atoms with Gasteiger partial charge in [0.15, 0.2) is 0 Å². The number of aliphatic hydroxyl groups excluding tert-OH is 1. The van der Waals surface area contributed by atoms with Gasteiger partial charge in [0, 0.05) is 19.6 Å². The smallest absolute Gasteiger partial charge is 0.210 e. The molecular formula is C19H22N2O4. The highest BCUT2D eigenvalue weighted by molar-refractivity contribution is 5.85. The summed E-state index contributed by atoms with van der Waals surface area (Å²) in [5.41, 5.74) is 0.823. The fraction of sp³-hybridized carbons (Fsp3) is 0.368. The molecule has 1 aliphatic heterocycles. The first-order valence-electron chi connectivity index (χ1n) is 8.37. The summed E-state index contributed by atoms with van der Waals surface area (Å²) in [4.78, 5) is 25.4. The number of fused-ring (bicyclic) bond motifs is 1. The Morgan fingerprint density at radius 2 is 1.92 bits per heavy atom. The number of carbonyl (C=O) groups is 2. The highest BCUT2D eigenvalue weighted by Gasteiger charge is 2.25. The van der Waals surface area contributed by atoms with E-state index >= 15 is 0 Å². The molecule has 6 nitrogen and oxygen atoms in total. The molecule has 3 rings (SSSR count). The van der Waals surface area contributed by atoms with Crippen LogP contribution in [0.4, 0.5) is 0 Å². The molecule has 0 saturated carbocycles. The molecule has 0 radical (unpaired) electrons. The molecule has 132 valence electrons. The number of nitrogens with zero attached hydrogens (tertiary/aromatic N) is 2. The maximum absolute atomic E-state index is 11.1. The molecule has 1 aliphatic rings. The number of amides is 2. The van der Waals surface area contributed by atoms with Crippen molar-refractivity contribution < 1.29 is 19.4 Å². The second kappa shape index (κ2) is 8.09. The lowest BCUT2D eigenvalue weighted by Gasteiger charge is -2.37. The molecule has 1 fully saturated rings. The SMILES string of the molecule is O=CN1CCN(C=O)C(COCC(O)c2cccc3ccccc23)C1. The van der Waals surface area contributed by atoms with Crippen molar-refractivity contribution in [2.45, 2.75) is 12.1 Å². The van der Waals surface area contributed by atoms with Gasteiger partial charge in [-0.05, 0) is 16.3 Å². The Labute approximate surface area is 146 Å². The molecule has 6 heteroatoms. The standard InChI is InChI=1S/C19H22N2O4/c22-13-20-8-9-21(14-23)16(10-20)11-25-12-19(24)18-7-3-5-15-4-1-2-6-17(15)18/h1-7,13-14,16,19,24H,8-12H2. The number of piperazine rings is 1. The zero-order valence-corrected chi connectivity index (χ0v) is 14.0. The molecule has 2 unspecified atom stereocenters. The predicted octanol–water partition coefficient (Wildman–Crippen LogP) is 1.19. The van der Waals surface area contributed by atoms with E-state index in [0.29, 0.717) is 19.6 Å². The number of carbonyl (C=O) groups excluding carboxylic acids is 2. The van der Waals surface area contributed by atoms with Crippen LogP contribution in [0, 0.1) is 0 Å². The molecule has 2 aromatic rings. The molecule has 1 saturated heterocycles. The Morgan fingerprint density at radius 1 is 1.12 bits per heavy atom. The van der Waals surface area contributed by atoms with Crippen molar-refractivity contribution in [2.24, 2.45) is 0 Å². The molecular weight excluding hydrogens is 320 g/mol. The molecule has 0 aromatic heterocycles. The molecule has 2 atom stereocenters. The van der Waals surface area contributed by atoms with Crippen LogP contribution < -0.4 is 0 Å². The minimum absolute atomic E-state index is 0.137. The van der Waals surface area contributed by atoms with Gasteiger partial charge in [0.1, 0.15) is 6.10 Å². The molecule has 2 amide bonds. The lowest BCUT2D eigenvalue weighted by molar-refractivity contribution is -0.130. The van der Waals surface area contributed by atoms with E-state index in [9.17, 15) is 14.7 Å². The lowest BCUT2D eigenvalue weighted by atomic mass is 10.0. The predicted molar refractivity (Wildman–Crippen MR) is 93.9 cm³/mol. The van der Waals surface area contributed by atoms with Gasteiger partial charge in [-0.25, -0.2) is 0 Å². The Hall–Kier alpha value is -2.44. The van der Waals surface area contributed by atoms with Gasteiger partial charge in [0.25, 0.3) is 0 Å². The summed E-state index contributed by atoms with van der Waals surface area (Å²) in [6.45, 7) is 1.91. The van der Waals surface area contributed by atoms with Gasteiger partial charge in [-0.3, -0.25) is 9.59 Å². The second-order valence-electron chi connectivity index (χ2n) is 6.22. The van der Waals surface area contributed by atoms with E-state index in [1.807, 2.05) is 42.5 Å². The van der Waals surface area contributed by atoms with Gasteiger partial charge in [0.05, 0.1) is 19.3 Å². The molecule has 2 aromatic carbocycles. The number of rotatable bonds is 7. The number of ether oxygens (including phenoxy) is 1. The first-order chi connectivity index (χ1) is 12.2. The summed E-state index contributed by atoms with van der Waals surface area (Å²) in [6, 6.07) is 13.5. The van der Waals surface area contributed by atoms with Crippen LogP contribution in [0.5, 0.6) is 0 Å². The van der Waals surface area contributed by atoms with E-state index in [2.05, 4.69) is 0 Å². The van der Waals surface area contributed by atoms with Crippen LogP contribution in [0.3, 0.4) is 0 Å². The van der Waals surface area contributed by atoms with E-state index in [4.69, 9.17) is 4.74 Å². The zero-order valence-electron chi connectivity index (χ0n) is 14.0. The molecule has 1 N–H and O–H groups in total. The maximum Gasteiger partial charge on any atom is 0.210 e. The number of hydrogen-bond donors (Lipinski definition) is 1. The summed E-state index contributed by atoms with van der Waals surface area (Å²) in [5, 5.41) is 12.6. The van der Waals surface area contributed by atoms with Crippen LogP contribution in [0.2, 0.25) is 0 Å². The van der Waals surface area contributed by atoms with Gasteiger partial charge in [-0.1, -0.05) is 42.5 Å². The molecule has 0 spiro atoms. The fourth-order valence-electron chi connectivity index (χ4n) is 3.22. The maximum atomic E-state index is 11.1. The first kappa shape index (κ1) is 17.4. The van der Waals surface area contributed by atoms with Crippen molar-refractivity contribution in [3.8, 4) is 0 Å². The van der Waals surface area contributed by atoms with Gasteiger partial charge in [0.2, 0.25) is 12.8 Å². The Kier molecular flexibility index (Phi) is 5.63. The second-order valence-corrected chi connectivity index (χ2v) is 6.22. The zero-order chi connectivity index (χ0) is 17.6. The topological polar surface area (TPSA) is 70.1 Å². The van der Waals surface area contributed by atoms with Crippen LogP contribution in [0.25, 0.3) is 10.8 Å². The average molecular weight is 342 g/mol. The largest absolute Gasteiger partial charge is 0.386 e. The van der Waals surface area contributed by atoms with Gasteiger partial charge in [-0.15, -0.1) is 0 Å². The molecule has 0 bridgehead atoms. The minimum Gasteiger partial charge on any atom is -0.386 e. The van der Waals surface area contributed by atoms with Crippen LogP contribution in [-0.4, -0.2) is 66.6 Å². The molecule has 25 heavy (non-hydrogen) atoms. The van der Waals surface area contributed by atoms with E-state index in [1.54, 1.807) is 9.80 Å². The number of hydrogen-bond acceptors (Lipinski definition) is 4. The summed E-state index contributed by atoms with van der Waals surface area (Å²) >= 11 is 0.